The highest BCUT2D eigenvalue weighted by molar-refractivity contribution is 6.38. The van der Waals surface area contributed by atoms with Gasteiger partial charge in [0.15, 0.2) is 0 Å². The van der Waals surface area contributed by atoms with Crippen molar-refractivity contribution >= 4 is 53.2 Å². The van der Waals surface area contributed by atoms with Gasteiger partial charge < -0.3 is 46.4 Å². The minimum absolute atomic E-state index is 0.0315. The normalized spacial score (nSPS) is 18.1. The summed E-state index contributed by atoms with van der Waals surface area (Å²) in [5.41, 5.74) is -0.347. The van der Waals surface area contributed by atoms with Gasteiger partial charge in [-0.15, -0.1) is 0 Å². The summed E-state index contributed by atoms with van der Waals surface area (Å²) in [6.45, 7) is 7.43. The minimum atomic E-state index is -1.34. The van der Waals surface area contributed by atoms with Gasteiger partial charge in [0.2, 0.25) is 35.3 Å². The number of amides is 8. The van der Waals surface area contributed by atoms with Crippen LogP contribution in [0.5, 0.6) is 0 Å². The number of ether oxygens (including phenoxy) is 1. The molecule has 1 saturated carbocycles. The smallest absolute Gasteiger partial charge is 0.410 e. The molecule has 1 saturated heterocycles. The molecular formula is C45H64N10O10. The van der Waals surface area contributed by atoms with Gasteiger partial charge in [0.25, 0.3) is 11.8 Å². The number of hydrogen-bond acceptors (Lipinski definition) is 12. The predicted octanol–water partition coefficient (Wildman–Crippen LogP) is 1.32. The van der Waals surface area contributed by atoms with Crippen LogP contribution in [0.4, 0.5) is 4.79 Å². The summed E-state index contributed by atoms with van der Waals surface area (Å²) in [7, 11) is 3.07. The standard InChI is InChI=1S/C45H64N10O10/c1-8-16-31(37(57)42(62)48-24-34(56)52-36(43(63)54(6)7)28-19-14-11-15-20-28)50-38(58)29-25-55(44(64)65-45(3,4)5)26-33(29)51-39(59)30(9-2)49-41(61)35(27-17-12-10-13-18-27)53-40(60)32-23-46-21-22-47-32/h11,14-15,19-23,27,29-31,33,35-36H,8-10,12-13,16-18,24-26H2,1-7H3,(H,48,62)(H,49,61)(H,50,58)(H,51,59)(H,52,56)(H,53,60)/t29-,30+,31+,33+,35+,36+/m1/s1. The number of likely N-dealkylation sites (N-methyl/N-ethyl adjacent to an activating group) is 1. The van der Waals surface area contributed by atoms with E-state index in [-0.39, 0.29) is 37.5 Å². The number of carbonyl (C=O) groups excluding carboxylic acids is 9. The van der Waals surface area contributed by atoms with Crippen molar-refractivity contribution in [1.82, 2.24) is 51.7 Å². The zero-order chi connectivity index (χ0) is 47.8. The van der Waals surface area contributed by atoms with Gasteiger partial charge in [-0.3, -0.25) is 43.3 Å². The number of Topliss-reactive ketones (excluding diaryl/α,β-unsaturated/α-hetero) is 1. The zero-order valence-corrected chi connectivity index (χ0v) is 38.3. The Morgan fingerprint density at radius 1 is 0.846 bits per heavy atom. The largest absolute Gasteiger partial charge is 0.444 e. The molecule has 0 unspecified atom stereocenters. The lowest BCUT2D eigenvalue weighted by Gasteiger charge is -2.31. The van der Waals surface area contributed by atoms with Gasteiger partial charge in [-0.2, -0.15) is 0 Å². The molecule has 2 fully saturated rings. The topological polar surface area (TPSA) is 267 Å². The van der Waals surface area contributed by atoms with Crippen LogP contribution in [-0.2, 0) is 38.3 Å². The molecule has 8 amide bonds. The van der Waals surface area contributed by atoms with Crippen LogP contribution in [0.15, 0.2) is 48.9 Å². The molecule has 0 bridgehead atoms. The van der Waals surface area contributed by atoms with Gasteiger partial charge in [-0.25, -0.2) is 9.78 Å². The van der Waals surface area contributed by atoms with E-state index in [0.717, 1.165) is 19.3 Å². The van der Waals surface area contributed by atoms with Gasteiger partial charge in [0.1, 0.15) is 29.4 Å². The van der Waals surface area contributed by atoms with Crippen molar-refractivity contribution in [2.75, 3.05) is 33.7 Å². The van der Waals surface area contributed by atoms with E-state index >= 15 is 0 Å². The van der Waals surface area contributed by atoms with Gasteiger partial charge in [-0.1, -0.05) is 69.9 Å². The molecule has 65 heavy (non-hydrogen) atoms. The van der Waals surface area contributed by atoms with Crippen LogP contribution in [0.1, 0.15) is 108 Å². The number of likely N-dealkylation sites (tertiary alicyclic amines) is 1. The summed E-state index contributed by atoms with van der Waals surface area (Å²) in [6.07, 6.45) is 7.98. The van der Waals surface area contributed by atoms with Gasteiger partial charge in [0, 0.05) is 39.6 Å². The summed E-state index contributed by atoms with van der Waals surface area (Å²) < 4.78 is 5.56. The van der Waals surface area contributed by atoms with E-state index in [1.165, 1.54) is 42.5 Å². The highest BCUT2D eigenvalue weighted by Crippen LogP contribution is 2.27. The molecule has 2 heterocycles. The summed E-state index contributed by atoms with van der Waals surface area (Å²) in [5, 5.41) is 15.9. The molecule has 20 heteroatoms. The molecule has 6 atom stereocenters. The van der Waals surface area contributed by atoms with Crippen LogP contribution in [0, 0.1) is 11.8 Å². The number of nitrogens with zero attached hydrogens (tertiary/aromatic N) is 4. The first-order chi connectivity index (χ1) is 30.8. The molecule has 0 spiro atoms. The van der Waals surface area contributed by atoms with Gasteiger partial charge in [0.05, 0.1) is 30.7 Å². The molecular weight excluding hydrogens is 841 g/mol. The summed E-state index contributed by atoms with van der Waals surface area (Å²) >= 11 is 0. The van der Waals surface area contributed by atoms with Crippen molar-refractivity contribution in [2.45, 2.75) is 122 Å². The van der Waals surface area contributed by atoms with E-state index in [1.54, 1.807) is 65.0 Å². The number of benzene rings is 1. The van der Waals surface area contributed by atoms with Crippen molar-refractivity contribution in [3.63, 3.8) is 0 Å². The first-order valence-electron chi connectivity index (χ1n) is 22.2. The Morgan fingerprint density at radius 3 is 2.14 bits per heavy atom. The Bertz CT molecular complexity index is 2010. The van der Waals surface area contributed by atoms with E-state index in [4.69, 9.17) is 4.74 Å². The van der Waals surface area contributed by atoms with Gasteiger partial charge in [-0.05, 0) is 57.9 Å². The molecule has 1 aromatic heterocycles. The molecule has 1 aromatic carbocycles. The van der Waals surface area contributed by atoms with Crippen LogP contribution in [0.3, 0.4) is 0 Å². The average molecular weight is 905 g/mol. The second-order valence-electron chi connectivity index (χ2n) is 17.6. The first-order valence-corrected chi connectivity index (χ1v) is 22.2. The minimum Gasteiger partial charge on any atom is -0.444 e. The molecule has 2 aromatic rings. The van der Waals surface area contributed by atoms with Crippen molar-refractivity contribution in [2.24, 2.45) is 11.8 Å². The van der Waals surface area contributed by atoms with Gasteiger partial charge >= 0.3 is 6.09 Å². The zero-order valence-electron chi connectivity index (χ0n) is 38.3. The highest BCUT2D eigenvalue weighted by atomic mass is 16.6. The van der Waals surface area contributed by atoms with E-state index in [9.17, 15) is 43.2 Å². The maximum absolute atomic E-state index is 14.1. The number of nitrogens with one attached hydrogen (secondary N) is 6. The van der Waals surface area contributed by atoms with Crippen LogP contribution < -0.4 is 31.9 Å². The second kappa shape index (κ2) is 24.0. The lowest BCUT2D eigenvalue weighted by molar-refractivity contribution is -0.141. The Morgan fingerprint density at radius 2 is 1.54 bits per heavy atom. The van der Waals surface area contributed by atoms with Crippen molar-refractivity contribution in [3.05, 3.63) is 60.2 Å². The Kier molecular flexibility index (Phi) is 18.9. The number of ketones is 1. The predicted molar refractivity (Wildman–Crippen MR) is 236 cm³/mol. The molecule has 20 nitrogen and oxygen atoms in total. The van der Waals surface area contributed by atoms with Crippen LogP contribution in [-0.4, -0.2) is 136 Å². The van der Waals surface area contributed by atoms with E-state index in [1.807, 2.05) is 0 Å². The molecule has 1 aliphatic heterocycles. The molecule has 0 radical (unpaired) electrons. The van der Waals surface area contributed by atoms with Crippen LogP contribution >= 0.6 is 0 Å². The Labute approximate surface area is 379 Å². The first kappa shape index (κ1) is 51.2. The number of rotatable bonds is 19. The lowest BCUT2D eigenvalue weighted by Crippen LogP contribution is -2.58. The summed E-state index contributed by atoms with van der Waals surface area (Å²) in [6, 6.07) is 3.00. The SMILES string of the molecule is CCC[C@H](NC(=O)[C@@H]1CN(C(=O)OC(C)(C)C)C[C@@H]1NC(=O)[C@H](CC)NC(=O)[C@@H](NC(=O)c1cnccn1)C1CCCCC1)C(=O)C(=O)NCC(=O)N[C@H](C(=O)N(C)C)c1ccccc1. The highest BCUT2D eigenvalue weighted by Gasteiger charge is 2.44. The Hall–Kier alpha value is -6.47. The van der Waals surface area contributed by atoms with Crippen molar-refractivity contribution in [3.8, 4) is 0 Å². The summed E-state index contributed by atoms with van der Waals surface area (Å²) in [4.78, 5) is 132. The van der Waals surface area contributed by atoms with Crippen molar-refractivity contribution in [1.29, 1.82) is 0 Å². The fraction of sp³-hybridized carbons (Fsp3) is 0.578. The fourth-order valence-corrected chi connectivity index (χ4v) is 7.73. The number of aromatic nitrogens is 2. The van der Waals surface area contributed by atoms with E-state index < -0.39 is 101 Å². The van der Waals surface area contributed by atoms with Crippen molar-refractivity contribution < 1.29 is 47.9 Å². The second-order valence-corrected chi connectivity index (χ2v) is 17.6. The lowest BCUT2D eigenvalue weighted by atomic mass is 9.83. The van der Waals surface area contributed by atoms with Crippen LogP contribution in [0.2, 0.25) is 0 Å². The molecule has 4 rings (SSSR count). The number of carbonyl (C=O) groups is 9. The third-order valence-corrected chi connectivity index (χ3v) is 11.1. The van der Waals surface area contributed by atoms with E-state index in [2.05, 4.69) is 41.9 Å². The molecule has 6 N–H and O–H groups in total. The molecule has 2 aliphatic rings. The third-order valence-electron chi connectivity index (χ3n) is 11.1. The molecule has 354 valence electrons. The fourth-order valence-electron chi connectivity index (χ4n) is 7.73. The van der Waals surface area contributed by atoms with E-state index in [0.29, 0.717) is 24.8 Å². The average Bonchev–Trinajstić information content (AvgIpc) is 3.71. The Balaban J connectivity index is 1.47. The quantitative estimate of drug-likeness (QED) is 0.109. The number of hydrogen-bond donors (Lipinski definition) is 6. The monoisotopic (exact) mass is 904 g/mol. The third kappa shape index (κ3) is 15.1. The maximum Gasteiger partial charge on any atom is 0.410 e. The molecule has 1 aliphatic carbocycles. The maximum atomic E-state index is 14.1. The summed E-state index contributed by atoms with van der Waals surface area (Å²) in [5.74, 6) is -7.22. The van der Waals surface area contributed by atoms with Crippen LogP contribution in [0.25, 0.3) is 0 Å².